The third kappa shape index (κ3) is 1.54. The van der Waals surface area contributed by atoms with E-state index in [1.54, 1.807) is 0 Å². The zero-order chi connectivity index (χ0) is 12.3. The number of hydrogen-bond donors (Lipinski definition) is 0. The standard InChI is InChI=1S/C15H22O2/c1-10(2)15-8-7-14(4,17-15)12-6-5-11(3)9-13(12)16-15/h9,12-13H,1,5-8H2,2-4H3. The Morgan fingerprint density at radius 1 is 1.47 bits per heavy atom. The lowest BCUT2D eigenvalue weighted by Crippen LogP contribution is -2.54. The molecule has 0 amide bonds. The van der Waals surface area contributed by atoms with Crippen molar-refractivity contribution < 1.29 is 9.47 Å². The third-order valence-corrected chi connectivity index (χ3v) is 4.80. The van der Waals surface area contributed by atoms with Gasteiger partial charge in [-0.25, -0.2) is 0 Å². The molecule has 0 radical (unpaired) electrons. The average molecular weight is 234 g/mol. The topological polar surface area (TPSA) is 18.5 Å². The summed E-state index contributed by atoms with van der Waals surface area (Å²) in [5.74, 6) is 0.00509. The molecule has 2 fully saturated rings. The second kappa shape index (κ2) is 3.46. The summed E-state index contributed by atoms with van der Waals surface area (Å²) in [6.45, 7) is 10.5. The molecule has 0 spiro atoms. The first-order valence-corrected chi connectivity index (χ1v) is 6.66. The molecule has 3 aliphatic rings. The predicted molar refractivity (Wildman–Crippen MR) is 67.6 cm³/mol. The molecule has 0 aromatic rings. The van der Waals surface area contributed by atoms with Crippen LogP contribution in [0.5, 0.6) is 0 Å². The highest BCUT2D eigenvalue weighted by molar-refractivity contribution is 5.20. The van der Waals surface area contributed by atoms with Crippen molar-refractivity contribution in [3.8, 4) is 0 Å². The van der Waals surface area contributed by atoms with Gasteiger partial charge in [-0.15, -0.1) is 0 Å². The molecule has 2 heteroatoms. The van der Waals surface area contributed by atoms with E-state index in [-0.39, 0.29) is 11.7 Å². The highest BCUT2D eigenvalue weighted by Crippen LogP contribution is 2.55. The van der Waals surface area contributed by atoms with Crippen LogP contribution < -0.4 is 0 Å². The second-order valence-electron chi connectivity index (χ2n) is 6.19. The van der Waals surface area contributed by atoms with Crippen molar-refractivity contribution in [3.63, 3.8) is 0 Å². The molecule has 4 unspecified atom stereocenters. The number of rotatable bonds is 1. The largest absolute Gasteiger partial charge is 0.339 e. The van der Waals surface area contributed by atoms with Gasteiger partial charge >= 0.3 is 0 Å². The van der Waals surface area contributed by atoms with Gasteiger partial charge < -0.3 is 9.47 Å². The molecule has 4 atom stereocenters. The number of allylic oxidation sites excluding steroid dienone is 1. The molecule has 17 heavy (non-hydrogen) atoms. The molecule has 2 saturated heterocycles. The van der Waals surface area contributed by atoms with E-state index in [0.717, 1.165) is 18.4 Å². The van der Waals surface area contributed by atoms with Crippen LogP contribution in [0, 0.1) is 5.92 Å². The van der Waals surface area contributed by atoms with Gasteiger partial charge in [0.2, 0.25) is 0 Å². The van der Waals surface area contributed by atoms with Crippen molar-refractivity contribution in [2.75, 3.05) is 0 Å². The summed E-state index contributed by atoms with van der Waals surface area (Å²) in [6.07, 6.45) is 6.95. The minimum atomic E-state index is -0.510. The SMILES string of the molecule is C=C(C)C12CCC(C)(O1)C1CCC(C)=CC1O2. The minimum Gasteiger partial charge on any atom is -0.339 e. The molecule has 2 nitrogen and oxygen atoms in total. The van der Waals surface area contributed by atoms with E-state index in [1.165, 1.54) is 18.4 Å². The van der Waals surface area contributed by atoms with Crippen LogP contribution in [-0.2, 0) is 9.47 Å². The normalized spacial score (nSPS) is 48.5. The summed E-state index contributed by atoms with van der Waals surface area (Å²) >= 11 is 0. The van der Waals surface area contributed by atoms with Crippen molar-refractivity contribution in [3.05, 3.63) is 23.8 Å². The fraction of sp³-hybridized carbons (Fsp3) is 0.733. The highest BCUT2D eigenvalue weighted by Gasteiger charge is 2.59. The summed E-state index contributed by atoms with van der Waals surface area (Å²) in [7, 11) is 0. The zero-order valence-electron chi connectivity index (χ0n) is 11.1. The summed E-state index contributed by atoms with van der Waals surface area (Å²) in [6, 6.07) is 0. The van der Waals surface area contributed by atoms with Gasteiger partial charge in [-0.2, -0.15) is 0 Å². The van der Waals surface area contributed by atoms with Crippen LogP contribution in [0.15, 0.2) is 23.8 Å². The maximum atomic E-state index is 6.29. The van der Waals surface area contributed by atoms with Gasteiger partial charge in [-0.05, 0) is 45.6 Å². The van der Waals surface area contributed by atoms with E-state index in [0.29, 0.717) is 5.92 Å². The Morgan fingerprint density at radius 2 is 2.24 bits per heavy atom. The van der Waals surface area contributed by atoms with Crippen molar-refractivity contribution >= 4 is 0 Å². The lowest BCUT2D eigenvalue weighted by Gasteiger charge is -2.49. The molecule has 2 bridgehead atoms. The van der Waals surface area contributed by atoms with Gasteiger partial charge in [0.15, 0.2) is 5.79 Å². The monoisotopic (exact) mass is 234 g/mol. The van der Waals surface area contributed by atoms with Crippen molar-refractivity contribution in [1.29, 1.82) is 0 Å². The van der Waals surface area contributed by atoms with Crippen molar-refractivity contribution in [1.82, 2.24) is 0 Å². The average Bonchev–Trinajstić information content (AvgIpc) is 2.53. The smallest absolute Gasteiger partial charge is 0.191 e. The Hall–Kier alpha value is -0.600. The van der Waals surface area contributed by atoms with Crippen LogP contribution in [0.4, 0.5) is 0 Å². The van der Waals surface area contributed by atoms with E-state index in [9.17, 15) is 0 Å². The molecule has 0 saturated carbocycles. The first-order chi connectivity index (χ1) is 7.95. The lowest BCUT2D eigenvalue weighted by molar-refractivity contribution is -0.307. The van der Waals surface area contributed by atoms with E-state index in [1.807, 2.05) is 6.92 Å². The molecular weight excluding hydrogens is 212 g/mol. The fourth-order valence-electron chi connectivity index (χ4n) is 3.65. The summed E-state index contributed by atoms with van der Waals surface area (Å²) in [5.41, 5.74) is 2.45. The van der Waals surface area contributed by atoms with Crippen LogP contribution in [0.2, 0.25) is 0 Å². The molecule has 2 heterocycles. The summed E-state index contributed by atoms with van der Waals surface area (Å²) in [4.78, 5) is 0. The van der Waals surface area contributed by atoms with E-state index >= 15 is 0 Å². The lowest BCUT2D eigenvalue weighted by atomic mass is 9.76. The Labute approximate surface area is 104 Å². The molecule has 94 valence electrons. The number of hydrogen-bond acceptors (Lipinski definition) is 2. The second-order valence-corrected chi connectivity index (χ2v) is 6.19. The number of fused-ring (bicyclic) bond motifs is 4. The number of ether oxygens (including phenoxy) is 2. The van der Waals surface area contributed by atoms with Gasteiger partial charge in [0.25, 0.3) is 0 Å². The molecule has 1 aliphatic carbocycles. The molecule has 2 aliphatic heterocycles. The molecule has 0 N–H and O–H groups in total. The van der Waals surface area contributed by atoms with Crippen molar-refractivity contribution in [2.45, 2.75) is 63.9 Å². The first kappa shape index (κ1) is 11.5. The van der Waals surface area contributed by atoms with E-state index in [2.05, 4.69) is 26.5 Å². The van der Waals surface area contributed by atoms with Crippen LogP contribution >= 0.6 is 0 Å². The maximum absolute atomic E-state index is 6.29. The summed E-state index contributed by atoms with van der Waals surface area (Å²) in [5, 5.41) is 0. The van der Waals surface area contributed by atoms with Crippen LogP contribution in [0.25, 0.3) is 0 Å². The molecular formula is C15H22O2. The van der Waals surface area contributed by atoms with E-state index < -0.39 is 5.79 Å². The Bertz CT molecular complexity index is 398. The van der Waals surface area contributed by atoms with Crippen LogP contribution in [0.1, 0.15) is 46.5 Å². The fourth-order valence-corrected chi connectivity index (χ4v) is 3.65. The zero-order valence-corrected chi connectivity index (χ0v) is 11.1. The Morgan fingerprint density at radius 3 is 2.94 bits per heavy atom. The van der Waals surface area contributed by atoms with Crippen molar-refractivity contribution in [2.24, 2.45) is 5.92 Å². The van der Waals surface area contributed by atoms with Crippen LogP contribution in [-0.4, -0.2) is 17.5 Å². The summed E-state index contributed by atoms with van der Waals surface area (Å²) < 4.78 is 12.6. The Kier molecular flexibility index (Phi) is 2.34. The first-order valence-electron chi connectivity index (χ1n) is 6.66. The maximum Gasteiger partial charge on any atom is 0.191 e. The van der Waals surface area contributed by atoms with Gasteiger partial charge in [0.05, 0.1) is 11.7 Å². The van der Waals surface area contributed by atoms with Gasteiger partial charge in [0.1, 0.15) is 0 Å². The predicted octanol–water partition coefficient (Wildman–Crippen LogP) is 3.58. The molecule has 3 rings (SSSR count). The van der Waals surface area contributed by atoms with Crippen LogP contribution in [0.3, 0.4) is 0 Å². The molecule has 0 aromatic carbocycles. The van der Waals surface area contributed by atoms with E-state index in [4.69, 9.17) is 9.47 Å². The van der Waals surface area contributed by atoms with Gasteiger partial charge in [0, 0.05) is 12.3 Å². The third-order valence-electron chi connectivity index (χ3n) is 4.80. The Balaban J connectivity index is 1.99. The van der Waals surface area contributed by atoms with Gasteiger partial charge in [-0.1, -0.05) is 18.2 Å². The highest BCUT2D eigenvalue weighted by atomic mass is 16.7. The van der Waals surface area contributed by atoms with Gasteiger partial charge in [-0.3, -0.25) is 0 Å². The molecule has 0 aromatic heterocycles. The quantitative estimate of drug-likeness (QED) is 0.646. The minimum absolute atomic E-state index is 0.0148.